The van der Waals surface area contributed by atoms with Gasteiger partial charge in [0.15, 0.2) is 0 Å². The molecule has 3 heteroatoms. The maximum Gasteiger partial charge on any atom is 0.0941 e. The lowest BCUT2D eigenvalue weighted by Gasteiger charge is -2.40. The largest absolute Gasteiger partial charge is 0.330 e. The molecule has 0 amide bonds. The zero-order valence-corrected chi connectivity index (χ0v) is 13.2. The number of thiazole rings is 1. The summed E-state index contributed by atoms with van der Waals surface area (Å²) in [4.78, 5) is 4.80. The molecule has 1 aromatic heterocycles. The molecule has 2 atom stereocenters. The van der Waals surface area contributed by atoms with Crippen LogP contribution in [0.1, 0.15) is 38.1 Å². The summed E-state index contributed by atoms with van der Waals surface area (Å²) in [5, 5.41) is 1.28. The Bertz CT molecular complexity index is 554. The summed E-state index contributed by atoms with van der Waals surface area (Å²) in [6.07, 6.45) is 4.97. The first kappa shape index (κ1) is 14.0. The van der Waals surface area contributed by atoms with Crippen LogP contribution in [0.5, 0.6) is 0 Å². The van der Waals surface area contributed by atoms with Crippen molar-refractivity contribution in [3.05, 3.63) is 29.3 Å². The average molecular weight is 288 g/mol. The summed E-state index contributed by atoms with van der Waals surface area (Å²) in [6, 6.07) is 8.44. The lowest BCUT2D eigenvalue weighted by molar-refractivity contribution is 0.121. The summed E-state index contributed by atoms with van der Waals surface area (Å²) >= 11 is 1.85. The van der Waals surface area contributed by atoms with E-state index in [0.29, 0.717) is 17.3 Å². The number of nitrogens with two attached hydrogens (primary N) is 1. The summed E-state index contributed by atoms with van der Waals surface area (Å²) in [7, 11) is 0. The van der Waals surface area contributed by atoms with Gasteiger partial charge in [-0.15, -0.1) is 11.3 Å². The van der Waals surface area contributed by atoms with Crippen LogP contribution in [-0.4, -0.2) is 11.5 Å². The van der Waals surface area contributed by atoms with Crippen molar-refractivity contribution in [3.63, 3.8) is 0 Å². The Hall–Kier alpha value is -0.930. The zero-order chi connectivity index (χ0) is 14.2. The van der Waals surface area contributed by atoms with E-state index in [2.05, 4.69) is 38.1 Å². The maximum absolute atomic E-state index is 5.99. The van der Waals surface area contributed by atoms with Crippen molar-refractivity contribution < 1.29 is 0 Å². The third-order valence-corrected chi connectivity index (χ3v) is 5.81. The third kappa shape index (κ3) is 2.89. The predicted octanol–water partition coefficient (Wildman–Crippen LogP) is 4.24. The molecule has 108 valence electrons. The van der Waals surface area contributed by atoms with Crippen LogP contribution < -0.4 is 5.73 Å². The van der Waals surface area contributed by atoms with Crippen LogP contribution in [0.15, 0.2) is 24.3 Å². The number of hydrogen-bond acceptors (Lipinski definition) is 3. The molecule has 2 aromatic rings. The summed E-state index contributed by atoms with van der Waals surface area (Å²) < 4.78 is 1.31. The highest BCUT2D eigenvalue weighted by Gasteiger charge is 2.34. The molecule has 2 nitrogen and oxygen atoms in total. The Kier molecular flexibility index (Phi) is 3.83. The molecule has 1 aliphatic rings. The summed E-state index contributed by atoms with van der Waals surface area (Å²) in [5.41, 5.74) is 7.60. The highest BCUT2D eigenvalue weighted by atomic mass is 32.1. The molecule has 0 spiro atoms. The van der Waals surface area contributed by atoms with E-state index in [4.69, 9.17) is 10.7 Å². The quantitative estimate of drug-likeness (QED) is 0.917. The van der Waals surface area contributed by atoms with Gasteiger partial charge >= 0.3 is 0 Å². The lowest BCUT2D eigenvalue weighted by Crippen LogP contribution is -2.35. The van der Waals surface area contributed by atoms with Gasteiger partial charge < -0.3 is 5.73 Å². The van der Waals surface area contributed by atoms with Crippen LogP contribution in [0.3, 0.4) is 0 Å². The second kappa shape index (κ2) is 5.45. The Balaban J connectivity index is 1.80. The number of benzene rings is 1. The van der Waals surface area contributed by atoms with Gasteiger partial charge in [-0.1, -0.05) is 26.0 Å². The first-order valence-corrected chi connectivity index (χ1v) is 8.43. The molecule has 2 N–H and O–H groups in total. The van der Waals surface area contributed by atoms with Crippen molar-refractivity contribution in [1.29, 1.82) is 0 Å². The number of para-hydroxylation sites is 1. The molecule has 0 bridgehead atoms. The highest BCUT2D eigenvalue weighted by molar-refractivity contribution is 7.18. The van der Waals surface area contributed by atoms with Gasteiger partial charge in [0, 0.05) is 6.42 Å². The van der Waals surface area contributed by atoms with Crippen LogP contribution >= 0.6 is 11.3 Å². The van der Waals surface area contributed by atoms with Gasteiger partial charge in [-0.2, -0.15) is 0 Å². The first-order chi connectivity index (χ1) is 9.57. The topological polar surface area (TPSA) is 38.9 Å². The van der Waals surface area contributed by atoms with Crippen molar-refractivity contribution in [2.75, 3.05) is 6.54 Å². The zero-order valence-electron chi connectivity index (χ0n) is 12.4. The van der Waals surface area contributed by atoms with Crippen LogP contribution in [0.4, 0.5) is 0 Å². The average Bonchev–Trinajstić information content (AvgIpc) is 2.80. The fraction of sp³-hybridized carbons (Fsp3) is 0.588. The molecule has 0 radical (unpaired) electrons. The molecular formula is C17H24N2S. The van der Waals surface area contributed by atoms with Crippen molar-refractivity contribution >= 4 is 21.6 Å². The van der Waals surface area contributed by atoms with Crippen LogP contribution in [0.25, 0.3) is 10.2 Å². The molecular weight excluding hydrogens is 264 g/mol. The fourth-order valence-corrected chi connectivity index (χ4v) is 4.63. The Labute approximate surface area is 125 Å². The molecule has 2 unspecified atom stereocenters. The number of fused-ring (bicyclic) bond motifs is 1. The summed E-state index contributed by atoms with van der Waals surface area (Å²) in [5.74, 6) is 1.37. The molecule has 3 rings (SSSR count). The van der Waals surface area contributed by atoms with E-state index in [1.54, 1.807) is 0 Å². The van der Waals surface area contributed by atoms with E-state index in [1.165, 1.54) is 29.0 Å². The molecule has 1 saturated carbocycles. The van der Waals surface area contributed by atoms with Gasteiger partial charge in [0.1, 0.15) is 0 Å². The van der Waals surface area contributed by atoms with E-state index in [0.717, 1.165) is 18.5 Å². The minimum atomic E-state index is 0.465. The SMILES string of the molecule is CC1(C)CCC(CN)C(Cc2nc3ccccc3s2)C1. The normalized spacial score (nSPS) is 25.9. The molecule has 20 heavy (non-hydrogen) atoms. The van der Waals surface area contributed by atoms with Gasteiger partial charge in [0.2, 0.25) is 0 Å². The van der Waals surface area contributed by atoms with Gasteiger partial charge in [-0.3, -0.25) is 0 Å². The number of aromatic nitrogens is 1. The maximum atomic E-state index is 5.99. The van der Waals surface area contributed by atoms with Crippen molar-refractivity contribution in [1.82, 2.24) is 4.98 Å². The third-order valence-electron chi connectivity index (χ3n) is 4.75. The molecule has 1 aromatic carbocycles. The van der Waals surface area contributed by atoms with E-state index >= 15 is 0 Å². The molecule has 1 fully saturated rings. The van der Waals surface area contributed by atoms with Crippen molar-refractivity contribution in [3.8, 4) is 0 Å². The molecule has 0 aliphatic heterocycles. The number of rotatable bonds is 3. The van der Waals surface area contributed by atoms with Gasteiger partial charge in [0.25, 0.3) is 0 Å². The van der Waals surface area contributed by atoms with E-state index < -0.39 is 0 Å². The monoisotopic (exact) mass is 288 g/mol. The van der Waals surface area contributed by atoms with Crippen molar-refractivity contribution in [2.45, 2.75) is 39.5 Å². The van der Waals surface area contributed by atoms with Crippen LogP contribution in [0.2, 0.25) is 0 Å². The Morgan fingerprint density at radius 1 is 1.30 bits per heavy atom. The molecule has 1 heterocycles. The molecule has 1 aliphatic carbocycles. The van der Waals surface area contributed by atoms with Crippen molar-refractivity contribution in [2.24, 2.45) is 23.0 Å². The predicted molar refractivity (Wildman–Crippen MR) is 87.0 cm³/mol. The second-order valence-electron chi connectivity index (χ2n) is 6.94. The first-order valence-electron chi connectivity index (χ1n) is 7.62. The van der Waals surface area contributed by atoms with Gasteiger partial charge in [-0.25, -0.2) is 4.98 Å². The fourth-order valence-electron chi connectivity index (χ4n) is 3.57. The minimum Gasteiger partial charge on any atom is -0.330 e. The van der Waals surface area contributed by atoms with Crippen LogP contribution in [0, 0.1) is 17.3 Å². The smallest absolute Gasteiger partial charge is 0.0941 e. The number of nitrogens with zero attached hydrogens (tertiary/aromatic N) is 1. The minimum absolute atomic E-state index is 0.465. The van der Waals surface area contributed by atoms with Gasteiger partial charge in [-0.05, 0) is 55.2 Å². The van der Waals surface area contributed by atoms with Crippen LogP contribution in [-0.2, 0) is 6.42 Å². The Morgan fingerprint density at radius 2 is 2.10 bits per heavy atom. The van der Waals surface area contributed by atoms with Gasteiger partial charge in [0.05, 0.1) is 15.2 Å². The van der Waals surface area contributed by atoms with E-state index in [9.17, 15) is 0 Å². The number of hydrogen-bond donors (Lipinski definition) is 1. The summed E-state index contributed by atoms with van der Waals surface area (Å²) in [6.45, 7) is 5.61. The standard InChI is InChI=1S/C17H24N2S/c1-17(2)8-7-12(11-18)13(10-17)9-16-19-14-5-3-4-6-15(14)20-16/h3-6,12-13H,7-11,18H2,1-2H3. The highest BCUT2D eigenvalue weighted by Crippen LogP contribution is 2.43. The second-order valence-corrected chi connectivity index (χ2v) is 8.06. The lowest BCUT2D eigenvalue weighted by atomic mass is 9.66. The molecule has 0 saturated heterocycles. The van der Waals surface area contributed by atoms with E-state index in [1.807, 2.05) is 11.3 Å². The Morgan fingerprint density at radius 3 is 2.85 bits per heavy atom. The van der Waals surface area contributed by atoms with E-state index in [-0.39, 0.29) is 0 Å².